The number of anilines is 3. The van der Waals surface area contributed by atoms with Crippen molar-refractivity contribution in [2.24, 2.45) is 7.05 Å². The molecule has 2 heterocycles. The van der Waals surface area contributed by atoms with E-state index >= 15 is 0 Å². The predicted molar refractivity (Wildman–Crippen MR) is 157 cm³/mol. The molecule has 0 radical (unpaired) electrons. The minimum absolute atomic E-state index is 0.242. The molecule has 10 heteroatoms. The highest BCUT2D eigenvalue weighted by Crippen LogP contribution is 2.42. The molecule has 4 aromatic rings. The number of carbonyl (C=O) groups is 2. The molecule has 0 saturated heterocycles. The molecule has 1 amide bonds. The Labute approximate surface area is 233 Å². The Balaban J connectivity index is 1.89. The van der Waals surface area contributed by atoms with Gasteiger partial charge in [0.25, 0.3) is 0 Å². The third-order valence-electron chi connectivity index (χ3n) is 6.63. The van der Waals surface area contributed by atoms with Crippen LogP contribution in [0.1, 0.15) is 22.3 Å². The highest BCUT2D eigenvalue weighted by atomic mass is 16.5. The lowest BCUT2D eigenvalue weighted by Crippen LogP contribution is -2.15. The van der Waals surface area contributed by atoms with Gasteiger partial charge in [-0.15, -0.1) is 0 Å². The fraction of sp³-hybridized carbons (Fsp3) is 0.267. The van der Waals surface area contributed by atoms with Crippen molar-refractivity contribution < 1.29 is 19.1 Å². The van der Waals surface area contributed by atoms with Gasteiger partial charge in [-0.1, -0.05) is 24.8 Å². The second-order valence-corrected chi connectivity index (χ2v) is 9.51. The number of para-hydroxylation sites is 1. The highest BCUT2D eigenvalue weighted by Gasteiger charge is 2.25. The summed E-state index contributed by atoms with van der Waals surface area (Å²) in [6.45, 7) is 4.49. The van der Waals surface area contributed by atoms with Gasteiger partial charge in [-0.3, -0.25) is 4.79 Å². The number of aryl methyl sites for hydroxylation is 2. The predicted octanol–water partition coefficient (Wildman–Crippen LogP) is 4.79. The normalized spacial score (nSPS) is 10.9. The van der Waals surface area contributed by atoms with Crippen LogP contribution in [0, 0.1) is 0 Å². The van der Waals surface area contributed by atoms with E-state index in [-0.39, 0.29) is 11.5 Å². The number of fused-ring (bicyclic) bond motifs is 1. The SMILES string of the molecule is C=CC(=O)Nc1cc(Nc2c(-c3ncncc3C(=O)OC)c3ccccc3n2C)c(OC)cc1CCCN(C)C. The van der Waals surface area contributed by atoms with Gasteiger partial charge in [-0.25, -0.2) is 14.8 Å². The van der Waals surface area contributed by atoms with Gasteiger partial charge in [0.2, 0.25) is 5.91 Å². The van der Waals surface area contributed by atoms with Gasteiger partial charge in [-0.05, 0) is 63.3 Å². The minimum Gasteiger partial charge on any atom is -0.495 e. The summed E-state index contributed by atoms with van der Waals surface area (Å²) in [5.74, 6) is 0.427. The van der Waals surface area contributed by atoms with Crippen LogP contribution in [-0.4, -0.2) is 66.2 Å². The Hall–Kier alpha value is -4.70. The molecule has 2 aromatic heterocycles. The van der Waals surface area contributed by atoms with Gasteiger partial charge >= 0.3 is 5.97 Å². The standard InChI is InChI=1S/C30H34N6O4/c1-7-26(37)33-22-16-23(25(39-5)15-19(22)11-10-14-35(2)3)34-29-27(20-12-8-9-13-24(20)36(29)4)28-21(30(38)40-6)17-31-18-32-28/h7-9,12-13,15-18,34H,1,10-11,14H2,2-6H3,(H,33,37). The van der Waals surface area contributed by atoms with Crippen molar-refractivity contribution in [1.29, 1.82) is 0 Å². The van der Waals surface area contributed by atoms with Crippen molar-refractivity contribution in [2.45, 2.75) is 12.8 Å². The molecular weight excluding hydrogens is 508 g/mol. The number of ether oxygens (including phenoxy) is 2. The van der Waals surface area contributed by atoms with Crippen LogP contribution in [0.25, 0.3) is 22.2 Å². The molecule has 0 aliphatic carbocycles. The van der Waals surface area contributed by atoms with Crippen molar-refractivity contribution in [3.63, 3.8) is 0 Å². The van der Waals surface area contributed by atoms with Crippen LogP contribution in [0.4, 0.5) is 17.2 Å². The van der Waals surface area contributed by atoms with Crippen LogP contribution in [-0.2, 0) is 23.0 Å². The number of carbonyl (C=O) groups excluding carboxylic acids is 2. The van der Waals surface area contributed by atoms with E-state index in [0.29, 0.717) is 34.2 Å². The molecule has 0 bridgehead atoms. The van der Waals surface area contributed by atoms with Crippen LogP contribution < -0.4 is 15.4 Å². The molecule has 0 unspecified atom stereocenters. The molecule has 0 saturated carbocycles. The van der Waals surface area contributed by atoms with Gasteiger partial charge in [0.15, 0.2) is 0 Å². The zero-order valence-corrected chi connectivity index (χ0v) is 23.4. The molecule has 2 aromatic carbocycles. The number of benzene rings is 2. The molecule has 2 N–H and O–H groups in total. The second kappa shape index (κ2) is 12.4. The molecular formula is C30H34N6O4. The van der Waals surface area contributed by atoms with Crippen molar-refractivity contribution >= 4 is 40.0 Å². The summed E-state index contributed by atoms with van der Waals surface area (Å²) in [5, 5.41) is 7.33. The average Bonchev–Trinajstić information content (AvgIpc) is 3.24. The molecule has 0 aliphatic rings. The quantitative estimate of drug-likeness (QED) is 0.206. The number of amides is 1. The maximum atomic E-state index is 12.7. The van der Waals surface area contributed by atoms with Crippen LogP contribution >= 0.6 is 0 Å². The Morgan fingerprint density at radius 2 is 1.93 bits per heavy atom. The first kappa shape index (κ1) is 28.3. The van der Waals surface area contributed by atoms with Gasteiger partial charge < -0.3 is 29.6 Å². The van der Waals surface area contributed by atoms with Crippen LogP contribution in [0.2, 0.25) is 0 Å². The number of rotatable bonds is 11. The van der Waals surface area contributed by atoms with Gasteiger partial charge in [-0.2, -0.15) is 0 Å². The summed E-state index contributed by atoms with van der Waals surface area (Å²) < 4.78 is 12.8. The molecule has 4 rings (SSSR count). The van der Waals surface area contributed by atoms with Crippen molar-refractivity contribution in [1.82, 2.24) is 19.4 Å². The lowest BCUT2D eigenvalue weighted by atomic mass is 10.0. The van der Waals surface area contributed by atoms with Crippen LogP contribution in [0.15, 0.2) is 61.6 Å². The molecule has 208 valence electrons. The van der Waals surface area contributed by atoms with Gasteiger partial charge in [0.05, 0.1) is 36.7 Å². The minimum atomic E-state index is -0.538. The molecule has 10 nitrogen and oxygen atoms in total. The van der Waals surface area contributed by atoms with E-state index in [1.807, 2.05) is 62.1 Å². The second-order valence-electron chi connectivity index (χ2n) is 9.51. The van der Waals surface area contributed by atoms with Gasteiger partial charge in [0.1, 0.15) is 23.5 Å². The Morgan fingerprint density at radius 3 is 2.62 bits per heavy atom. The topological polar surface area (TPSA) is 111 Å². The summed E-state index contributed by atoms with van der Waals surface area (Å²) in [4.78, 5) is 35.6. The van der Waals surface area contributed by atoms with Crippen LogP contribution in [0.5, 0.6) is 5.75 Å². The van der Waals surface area contributed by atoms with E-state index in [4.69, 9.17) is 9.47 Å². The zero-order valence-electron chi connectivity index (χ0n) is 23.4. The number of nitrogens with zero attached hydrogens (tertiary/aromatic N) is 4. The summed E-state index contributed by atoms with van der Waals surface area (Å²) in [7, 11) is 8.91. The summed E-state index contributed by atoms with van der Waals surface area (Å²) >= 11 is 0. The maximum absolute atomic E-state index is 12.7. The lowest BCUT2D eigenvalue weighted by molar-refractivity contribution is -0.111. The van der Waals surface area contributed by atoms with E-state index < -0.39 is 5.97 Å². The summed E-state index contributed by atoms with van der Waals surface area (Å²) in [6, 6.07) is 11.6. The molecule has 0 atom stereocenters. The van der Waals surface area contributed by atoms with E-state index in [1.165, 1.54) is 25.7 Å². The summed E-state index contributed by atoms with van der Waals surface area (Å²) in [5.41, 5.74) is 4.53. The fourth-order valence-electron chi connectivity index (χ4n) is 4.68. The highest BCUT2D eigenvalue weighted by molar-refractivity contribution is 6.08. The number of nitrogens with one attached hydrogen (secondary N) is 2. The Morgan fingerprint density at radius 1 is 1.15 bits per heavy atom. The first-order chi connectivity index (χ1) is 19.3. The van der Waals surface area contributed by atoms with E-state index in [2.05, 4.69) is 32.1 Å². The van der Waals surface area contributed by atoms with E-state index in [9.17, 15) is 9.59 Å². The molecule has 0 aliphatic heterocycles. The Kier molecular flexibility index (Phi) is 8.80. The number of methoxy groups -OCH3 is 2. The average molecular weight is 543 g/mol. The van der Waals surface area contributed by atoms with E-state index in [0.717, 1.165) is 35.9 Å². The van der Waals surface area contributed by atoms with Crippen molar-refractivity contribution in [3.8, 4) is 17.0 Å². The molecule has 0 fully saturated rings. The number of hydrogen-bond acceptors (Lipinski definition) is 8. The first-order valence-corrected chi connectivity index (χ1v) is 12.8. The lowest BCUT2D eigenvalue weighted by Gasteiger charge is -2.19. The van der Waals surface area contributed by atoms with Crippen LogP contribution in [0.3, 0.4) is 0 Å². The number of hydrogen-bond donors (Lipinski definition) is 2. The van der Waals surface area contributed by atoms with E-state index in [1.54, 1.807) is 7.11 Å². The van der Waals surface area contributed by atoms with Crippen molar-refractivity contribution in [3.05, 3.63) is 72.7 Å². The molecule has 40 heavy (non-hydrogen) atoms. The molecule has 0 spiro atoms. The fourth-order valence-corrected chi connectivity index (χ4v) is 4.68. The summed E-state index contributed by atoms with van der Waals surface area (Å²) in [6.07, 6.45) is 5.74. The maximum Gasteiger partial charge on any atom is 0.341 e. The smallest absolute Gasteiger partial charge is 0.341 e. The van der Waals surface area contributed by atoms with Gasteiger partial charge in [0, 0.05) is 24.3 Å². The Bertz CT molecular complexity index is 1560. The monoisotopic (exact) mass is 542 g/mol. The van der Waals surface area contributed by atoms with Crippen molar-refractivity contribution in [2.75, 3.05) is 45.5 Å². The largest absolute Gasteiger partial charge is 0.495 e. The third kappa shape index (κ3) is 5.81. The first-order valence-electron chi connectivity index (χ1n) is 12.8. The number of aromatic nitrogens is 3. The third-order valence-corrected chi connectivity index (χ3v) is 6.63. The number of esters is 1. The zero-order chi connectivity index (χ0) is 28.8.